The Bertz CT molecular complexity index is 691. The van der Waals surface area contributed by atoms with Gasteiger partial charge in [-0.3, -0.25) is 13.9 Å². The number of ether oxygens (including phenoxy) is 1. The molecule has 1 aliphatic carbocycles. The van der Waals surface area contributed by atoms with Gasteiger partial charge in [-0.15, -0.1) is 0 Å². The zero-order valence-corrected chi connectivity index (χ0v) is 13.8. The highest BCUT2D eigenvalue weighted by Crippen LogP contribution is 2.19. The van der Waals surface area contributed by atoms with Gasteiger partial charge in [0.1, 0.15) is 11.9 Å². The fourth-order valence-corrected chi connectivity index (χ4v) is 2.96. The minimum atomic E-state index is -0.581. The summed E-state index contributed by atoms with van der Waals surface area (Å²) in [4.78, 5) is 23.9. The first-order chi connectivity index (χ1) is 11.1. The van der Waals surface area contributed by atoms with E-state index in [0.29, 0.717) is 19.3 Å². The van der Waals surface area contributed by atoms with Crippen molar-refractivity contribution in [2.24, 2.45) is 14.1 Å². The van der Waals surface area contributed by atoms with E-state index in [1.54, 1.807) is 0 Å². The summed E-state index contributed by atoms with van der Waals surface area (Å²) < 4.78 is 8.09. The van der Waals surface area contributed by atoms with Gasteiger partial charge in [-0.2, -0.15) is 5.26 Å². The monoisotopic (exact) mass is 320 g/mol. The minimum Gasteiger partial charge on any atom is -0.376 e. The Morgan fingerprint density at radius 1 is 1.17 bits per heavy atom. The second-order valence-corrected chi connectivity index (χ2v) is 5.95. The van der Waals surface area contributed by atoms with Gasteiger partial charge in [0.05, 0.1) is 12.7 Å². The molecule has 1 aromatic heterocycles. The molecule has 1 fully saturated rings. The SMILES string of the molecule is Cn1c(NCCOC2CCCCCC2)c(C#N)c(=O)n(C)c1=O. The Hall–Kier alpha value is -2.07. The van der Waals surface area contributed by atoms with Gasteiger partial charge in [-0.05, 0) is 12.8 Å². The molecule has 1 aromatic rings. The van der Waals surface area contributed by atoms with Crippen LogP contribution in [0.1, 0.15) is 44.1 Å². The van der Waals surface area contributed by atoms with E-state index < -0.39 is 11.2 Å². The summed E-state index contributed by atoms with van der Waals surface area (Å²) in [5.74, 6) is 0.255. The number of anilines is 1. The highest BCUT2D eigenvalue weighted by molar-refractivity contribution is 5.51. The maximum Gasteiger partial charge on any atom is 0.332 e. The lowest BCUT2D eigenvalue weighted by Crippen LogP contribution is -2.40. The van der Waals surface area contributed by atoms with Crippen molar-refractivity contribution in [3.8, 4) is 6.07 Å². The van der Waals surface area contributed by atoms with Crippen molar-refractivity contribution >= 4 is 5.82 Å². The van der Waals surface area contributed by atoms with Gasteiger partial charge in [0.25, 0.3) is 5.56 Å². The predicted octanol–water partition coefficient (Wildman–Crippen LogP) is 1.11. The molecule has 0 saturated heterocycles. The summed E-state index contributed by atoms with van der Waals surface area (Å²) in [7, 11) is 2.90. The molecule has 126 valence electrons. The van der Waals surface area contributed by atoms with E-state index in [1.165, 1.54) is 44.3 Å². The fraction of sp³-hybridized carbons (Fsp3) is 0.688. The lowest BCUT2D eigenvalue weighted by molar-refractivity contribution is 0.0501. The Morgan fingerprint density at radius 2 is 1.83 bits per heavy atom. The Labute approximate surface area is 135 Å². The van der Waals surface area contributed by atoms with Gasteiger partial charge in [0.2, 0.25) is 0 Å². The lowest BCUT2D eigenvalue weighted by atomic mass is 10.1. The van der Waals surface area contributed by atoms with Gasteiger partial charge < -0.3 is 10.1 Å². The van der Waals surface area contributed by atoms with Crippen molar-refractivity contribution in [2.45, 2.75) is 44.6 Å². The standard InChI is InChI=1S/C16H24N4O3/c1-19-14(13(11-17)15(21)20(2)16(19)22)18-9-10-23-12-7-5-3-4-6-8-12/h12,18H,3-10H2,1-2H3. The highest BCUT2D eigenvalue weighted by Gasteiger charge is 2.16. The molecule has 1 N–H and O–H groups in total. The van der Waals surface area contributed by atoms with Crippen molar-refractivity contribution in [3.05, 3.63) is 26.4 Å². The van der Waals surface area contributed by atoms with Crippen molar-refractivity contribution in [3.63, 3.8) is 0 Å². The quantitative estimate of drug-likeness (QED) is 0.648. The molecule has 0 unspecified atom stereocenters. The van der Waals surface area contributed by atoms with Crippen LogP contribution < -0.4 is 16.6 Å². The molecule has 7 nitrogen and oxygen atoms in total. The average molecular weight is 320 g/mol. The first-order valence-electron chi connectivity index (χ1n) is 8.12. The number of nitrogens with zero attached hydrogens (tertiary/aromatic N) is 3. The van der Waals surface area contributed by atoms with E-state index in [-0.39, 0.29) is 11.4 Å². The largest absolute Gasteiger partial charge is 0.376 e. The summed E-state index contributed by atoms with van der Waals surface area (Å²) >= 11 is 0. The molecule has 0 bridgehead atoms. The van der Waals surface area contributed by atoms with E-state index in [0.717, 1.165) is 17.4 Å². The van der Waals surface area contributed by atoms with Crippen LogP contribution in [0.4, 0.5) is 5.82 Å². The van der Waals surface area contributed by atoms with Crippen LogP contribution in [0.3, 0.4) is 0 Å². The normalized spacial score (nSPS) is 15.9. The van der Waals surface area contributed by atoms with Crippen LogP contribution in [0.25, 0.3) is 0 Å². The van der Waals surface area contributed by atoms with Crippen LogP contribution in [0.2, 0.25) is 0 Å². The molecule has 0 radical (unpaired) electrons. The number of hydrogen-bond donors (Lipinski definition) is 1. The summed E-state index contributed by atoms with van der Waals surface area (Å²) in [5, 5.41) is 12.2. The van der Waals surface area contributed by atoms with Gasteiger partial charge in [-0.25, -0.2) is 4.79 Å². The zero-order valence-electron chi connectivity index (χ0n) is 13.8. The third kappa shape index (κ3) is 4.02. The smallest absolute Gasteiger partial charge is 0.332 e. The average Bonchev–Trinajstić information content (AvgIpc) is 2.83. The van der Waals surface area contributed by atoms with Gasteiger partial charge in [0, 0.05) is 20.6 Å². The first-order valence-corrected chi connectivity index (χ1v) is 8.12. The molecule has 1 saturated carbocycles. The number of hydrogen-bond acceptors (Lipinski definition) is 5. The maximum atomic E-state index is 12.0. The van der Waals surface area contributed by atoms with E-state index in [1.807, 2.05) is 6.07 Å². The summed E-state index contributed by atoms with van der Waals surface area (Å²) in [6, 6.07) is 1.87. The van der Waals surface area contributed by atoms with E-state index >= 15 is 0 Å². The molecule has 0 atom stereocenters. The lowest BCUT2D eigenvalue weighted by Gasteiger charge is -2.17. The third-order valence-corrected chi connectivity index (χ3v) is 4.33. The second-order valence-electron chi connectivity index (χ2n) is 5.95. The third-order valence-electron chi connectivity index (χ3n) is 4.33. The topological polar surface area (TPSA) is 89.1 Å². The molecule has 0 amide bonds. The zero-order chi connectivity index (χ0) is 16.8. The van der Waals surface area contributed by atoms with Crippen molar-refractivity contribution in [1.29, 1.82) is 5.26 Å². The molecule has 2 rings (SSSR count). The summed E-state index contributed by atoms with van der Waals surface area (Å²) in [5.41, 5.74) is -1.09. The molecule has 7 heteroatoms. The number of nitrogens with one attached hydrogen (secondary N) is 1. The van der Waals surface area contributed by atoms with Crippen LogP contribution in [0.15, 0.2) is 9.59 Å². The predicted molar refractivity (Wildman–Crippen MR) is 87.6 cm³/mol. The van der Waals surface area contributed by atoms with Crippen molar-refractivity contribution in [1.82, 2.24) is 9.13 Å². The van der Waals surface area contributed by atoms with Gasteiger partial charge in [-0.1, -0.05) is 25.7 Å². The Balaban J connectivity index is 1.99. The fourth-order valence-electron chi connectivity index (χ4n) is 2.96. The van der Waals surface area contributed by atoms with Crippen molar-refractivity contribution < 1.29 is 4.74 Å². The maximum absolute atomic E-state index is 12.0. The van der Waals surface area contributed by atoms with Gasteiger partial charge >= 0.3 is 5.69 Å². The first kappa shape index (κ1) is 17.3. The summed E-state index contributed by atoms with van der Waals surface area (Å²) in [6.45, 7) is 0.935. The molecular weight excluding hydrogens is 296 g/mol. The van der Waals surface area contributed by atoms with E-state index in [4.69, 9.17) is 4.74 Å². The van der Waals surface area contributed by atoms with Crippen LogP contribution in [-0.2, 0) is 18.8 Å². The van der Waals surface area contributed by atoms with Crippen molar-refractivity contribution in [2.75, 3.05) is 18.5 Å². The number of rotatable bonds is 5. The Morgan fingerprint density at radius 3 is 2.43 bits per heavy atom. The summed E-state index contributed by atoms with van der Waals surface area (Å²) in [6.07, 6.45) is 7.45. The van der Waals surface area contributed by atoms with Crippen LogP contribution in [0, 0.1) is 11.3 Å². The molecule has 1 heterocycles. The minimum absolute atomic E-state index is 0.0518. The van der Waals surface area contributed by atoms with Crippen LogP contribution >= 0.6 is 0 Å². The van der Waals surface area contributed by atoms with E-state index in [9.17, 15) is 14.9 Å². The molecule has 0 spiro atoms. The molecule has 23 heavy (non-hydrogen) atoms. The molecule has 1 aliphatic rings. The van der Waals surface area contributed by atoms with Crippen LogP contribution in [-0.4, -0.2) is 28.4 Å². The molecular formula is C16H24N4O3. The molecule has 0 aromatic carbocycles. The van der Waals surface area contributed by atoms with E-state index in [2.05, 4.69) is 5.32 Å². The Kier molecular flexibility index (Phi) is 5.99. The molecule has 0 aliphatic heterocycles. The van der Waals surface area contributed by atoms with Gasteiger partial charge in [0.15, 0.2) is 5.56 Å². The number of aromatic nitrogens is 2. The van der Waals surface area contributed by atoms with Crippen LogP contribution in [0.5, 0.6) is 0 Å². The second kappa shape index (κ2) is 7.97. The highest BCUT2D eigenvalue weighted by atomic mass is 16.5. The number of nitriles is 1.